The monoisotopic (exact) mass is 275 g/mol. The molecular formula is C15H25N5. The van der Waals surface area contributed by atoms with Gasteiger partial charge in [-0.1, -0.05) is 13.8 Å². The first kappa shape index (κ1) is 14.8. The van der Waals surface area contributed by atoms with Gasteiger partial charge in [0.2, 0.25) is 0 Å². The van der Waals surface area contributed by atoms with Crippen molar-refractivity contribution < 1.29 is 0 Å². The summed E-state index contributed by atoms with van der Waals surface area (Å²) in [7, 11) is 1.94. The Morgan fingerprint density at radius 1 is 1.30 bits per heavy atom. The lowest BCUT2D eigenvalue weighted by atomic mass is 10.0. The third kappa shape index (κ3) is 2.93. The number of hydrogen-bond donors (Lipinski definition) is 1. The predicted molar refractivity (Wildman–Crippen MR) is 80.7 cm³/mol. The summed E-state index contributed by atoms with van der Waals surface area (Å²) < 4.78 is 3.91. The third-order valence-corrected chi connectivity index (χ3v) is 3.74. The highest BCUT2D eigenvalue weighted by Crippen LogP contribution is 2.24. The highest BCUT2D eigenvalue weighted by Gasteiger charge is 2.19. The second kappa shape index (κ2) is 6.22. The van der Waals surface area contributed by atoms with Gasteiger partial charge in [0.05, 0.1) is 18.4 Å². The van der Waals surface area contributed by atoms with Crippen LogP contribution in [0.4, 0.5) is 0 Å². The van der Waals surface area contributed by atoms with Crippen LogP contribution in [0.25, 0.3) is 0 Å². The zero-order valence-corrected chi connectivity index (χ0v) is 13.1. The van der Waals surface area contributed by atoms with Crippen LogP contribution in [0.15, 0.2) is 12.4 Å². The molecule has 1 N–H and O–H groups in total. The molecular weight excluding hydrogens is 250 g/mol. The number of hydrogen-bond acceptors (Lipinski definition) is 3. The van der Waals surface area contributed by atoms with Crippen molar-refractivity contribution in [2.45, 2.75) is 46.7 Å². The molecule has 0 radical (unpaired) electrons. The van der Waals surface area contributed by atoms with E-state index >= 15 is 0 Å². The van der Waals surface area contributed by atoms with E-state index in [2.05, 4.69) is 42.8 Å². The Balaban J connectivity index is 2.28. The van der Waals surface area contributed by atoms with E-state index < -0.39 is 0 Å². The van der Waals surface area contributed by atoms with Gasteiger partial charge in [0.15, 0.2) is 0 Å². The molecule has 2 rings (SSSR count). The summed E-state index contributed by atoms with van der Waals surface area (Å²) in [5, 5.41) is 12.5. The van der Waals surface area contributed by atoms with Gasteiger partial charge >= 0.3 is 0 Å². The molecule has 0 amide bonds. The lowest BCUT2D eigenvalue weighted by Crippen LogP contribution is -2.21. The predicted octanol–water partition coefficient (Wildman–Crippen LogP) is 2.34. The minimum atomic E-state index is 0.391. The molecule has 0 aliphatic rings. The fraction of sp³-hybridized carbons (Fsp3) is 0.600. The molecule has 0 spiro atoms. The average Bonchev–Trinajstić information content (AvgIpc) is 2.93. The van der Waals surface area contributed by atoms with Crippen molar-refractivity contribution >= 4 is 0 Å². The van der Waals surface area contributed by atoms with Gasteiger partial charge in [-0.2, -0.15) is 10.2 Å². The van der Waals surface area contributed by atoms with Crippen LogP contribution >= 0.6 is 0 Å². The van der Waals surface area contributed by atoms with Gasteiger partial charge in [0, 0.05) is 36.1 Å². The van der Waals surface area contributed by atoms with Crippen molar-refractivity contribution in [3.8, 4) is 0 Å². The molecule has 0 aliphatic heterocycles. The van der Waals surface area contributed by atoms with Crippen LogP contribution in [-0.2, 0) is 13.6 Å². The normalized spacial score (nSPS) is 12.8. The Bertz CT molecular complexity index is 567. The second-order valence-electron chi connectivity index (χ2n) is 5.28. The molecule has 0 fully saturated rings. The van der Waals surface area contributed by atoms with Gasteiger partial charge in [-0.25, -0.2) is 0 Å². The lowest BCUT2D eigenvalue weighted by Gasteiger charge is -2.16. The van der Waals surface area contributed by atoms with E-state index in [0.29, 0.717) is 6.04 Å². The summed E-state index contributed by atoms with van der Waals surface area (Å²) >= 11 is 0. The van der Waals surface area contributed by atoms with Crippen LogP contribution in [0.2, 0.25) is 0 Å². The van der Waals surface area contributed by atoms with Crippen LogP contribution in [0.1, 0.15) is 48.8 Å². The number of aryl methyl sites for hydroxylation is 2. The third-order valence-electron chi connectivity index (χ3n) is 3.74. The van der Waals surface area contributed by atoms with Crippen molar-refractivity contribution in [2.24, 2.45) is 7.05 Å². The molecule has 5 heteroatoms. The second-order valence-corrected chi connectivity index (χ2v) is 5.28. The van der Waals surface area contributed by atoms with Crippen LogP contribution in [0.3, 0.4) is 0 Å². The van der Waals surface area contributed by atoms with Gasteiger partial charge in [-0.05, 0) is 26.8 Å². The van der Waals surface area contributed by atoms with Crippen molar-refractivity contribution in [3.05, 3.63) is 34.9 Å². The molecule has 0 saturated heterocycles. The Morgan fingerprint density at radius 2 is 2.05 bits per heavy atom. The van der Waals surface area contributed by atoms with E-state index in [9.17, 15) is 0 Å². The van der Waals surface area contributed by atoms with Crippen LogP contribution in [-0.4, -0.2) is 26.1 Å². The Labute approximate surface area is 121 Å². The zero-order valence-electron chi connectivity index (χ0n) is 13.1. The molecule has 2 heterocycles. The van der Waals surface area contributed by atoms with E-state index in [1.165, 1.54) is 16.8 Å². The quantitative estimate of drug-likeness (QED) is 0.880. The SMILES string of the molecule is CCNC(CC)c1c(C)nn(Cc2cnn(C)c2)c1C. The largest absolute Gasteiger partial charge is 0.310 e. The minimum Gasteiger partial charge on any atom is -0.310 e. The maximum atomic E-state index is 4.71. The molecule has 0 aromatic carbocycles. The minimum absolute atomic E-state index is 0.391. The molecule has 1 unspecified atom stereocenters. The fourth-order valence-electron chi connectivity index (χ4n) is 2.79. The number of aromatic nitrogens is 4. The highest BCUT2D eigenvalue weighted by atomic mass is 15.3. The average molecular weight is 275 g/mol. The van der Waals surface area contributed by atoms with Gasteiger partial charge in [-0.3, -0.25) is 9.36 Å². The maximum absolute atomic E-state index is 4.71. The highest BCUT2D eigenvalue weighted by molar-refractivity contribution is 5.29. The first-order chi connectivity index (χ1) is 9.56. The summed E-state index contributed by atoms with van der Waals surface area (Å²) in [6.07, 6.45) is 5.02. The molecule has 0 bridgehead atoms. The smallest absolute Gasteiger partial charge is 0.0693 e. The molecule has 0 saturated carbocycles. The zero-order chi connectivity index (χ0) is 14.7. The maximum Gasteiger partial charge on any atom is 0.0693 e. The van der Waals surface area contributed by atoms with Crippen molar-refractivity contribution in [1.29, 1.82) is 0 Å². The van der Waals surface area contributed by atoms with Crippen molar-refractivity contribution in [2.75, 3.05) is 6.54 Å². The number of nitrogens with zero attached hydrogens (tertiary/aromatic N) is 4. The first-order valence-electron chi connectivity index (χ1n) is 7.31. The summed E-state index contributed by atoms with van der Waals surface area (Å²) in [5.41, 5.74) is 4.90. The Kier molecular flexibility index (Phi) is 4.60. The van der Waals surface area contributed by atoms with E-state index in [4.69, 9.17) is 5.10 Å². The molecule has 20 heavy (non-hydrogen) atoms. The Hall–Kier alpha value is -1.62. The van der Waals surface area contributed by atoms with E-state index in [1.54, 1.807) is 0 Å². The van der Waals surface area contributed by atoms with E-state index in [1.807, 2.05) is 24.1 Å². The van der Waals surface area contributed by atoms with Crippen molar-refractivity contribution in [3.63, 3.8) is 0 Å². The fourth-order valence-corrected chi connectivity index (χ4v) is 2.79. The summed E-state index contributed by atoms with van der Waals surface area (Å²) in [4.78, 5) is 0. The molecule has 0 aliphatic carbocycles. The summed E-state index contributed by atoms with van der Waals surface area (Å²) in [5.74, 6) is 0. The van der Waals surface area contributed by atoms with Gasteiger partial charge < -0.3 is 5.32 Å². The standard InChI is InChI=1S/C15H25N5/c1-6-14(16-7-2)15-11(3)18-20(12(15)4)10-13-8-17-19(5)9-13/h8-9,14,16H,6-7,10H2,1-5H3. The molecule has 110 valence electrons. The van der Waals surface area contributed by atoms with Crippen molar-refractivity contribution in [1.82, 2.24) is 24.9 Å². The first-order valence-corrected chi connectivity index (χ1v) is 7.31. The summed E-state index contributed by atoms with van der Waals surface area (Å²) in [6, 6.07) is 0.391. The van der Waals surface area contributed by atoms with Gasteiger partial charge in [0.25, 0.3) is 0 Å². The van der Waals surface area contributed by atoms with Gasteiger partial charge in [-0.15, -0.1) is 0 Å². The van der Waals surface area contributed by atoms with Gasteiger partial charge in [0.1, 0.15) is 0 Å². The number of nitrogens with one attached hydrogen (secondary N) is 1. The van der Waals surface area contributed by atoms with E-state index in [0.717, 1.165) is 25.2 Å². The topological polar surface area (TPSA) is 47.7 Å². The number of rotatable bonds is 6. The van der Waals surface area contributed by atoms with Crippen LogP contribution < -0.4 is 5.32 Å². The molecule has 2 aromatic heterocycles. The molecule has 5 nitrogen and oxygen atoms in total. The molecule has 1 atom stereocenters. The van der Waals surface area contributed by atoms with Crippen LogP contribution in [0, 0.1) is 13.8 Å². The van der Waals surface area contributed by atoms with Crippen LogP contribution in [0.5, 0.6) is 0 Å². The Morgan fingerprint density at radius 3 is 2.60 bits per heavy atom. The lowest BCUT2D eigenvalue weighted by molar-refractivity contribution is 0.531. The van der Waals surface area contributed by atoms with E-state index in [-0.39, 0.29) is 0 Å². The summed E-state index contributed by atoms with van der Waals surface area (Å²) in [6.45, 7) is 10.4. The molecule has 2 aromatic rings.